The molecule has 0 spiro atoms. The van der Waals surface area contributed by atoms with Gasteiger partial charge in [0.05, 0.1) is 12.0 Å². The summed E-state index contributed by atoms with van der Waals surface area (Å²) in [6.07, 6.45) is -0.396. The monoisotopic (exact) mass is 130 g/mol. The van der Waals surface area contributed by atoms with E-state index in [4.69, 9.17) is 5.11 Å². The Morgan fingerprint density at radius 1 is 1.67 bits per heavy atom. The minimum atomic E-state index is -0.861. The Morgan fingerprint density at radius 3 is 2.11 bits per heavy atom. The third-order valence-electron chi connectivity index (χ3n) is 1.14. The summed E-state index contributed by atoms with van der Waals surface area (Å²) in [6, 6.07) is 0. The Kier molecular flexibility index (Phi) is 3.09. The molecule has 0 saturated heterocycles. The quantitative estimate of drug-likeness (QED) is 0.424. The predicted molar refractivity (Wildman–Crippen MR) is 31.9 cm³/mol. The first-order chi connectivity index (χ1) is 4.09. The van der Waals surface area contributed by atoms with Crippen molar-refractivity contribution in [2.75, 3.05) is 0 Å². The van der Waals surface area contributed by atoms with E-state index >= 15 is 0 Å². The number of Topliss-reactive ketones (excluding diaryl/α,β-unsaturated/α-hetero) is 1. The molecule has 0 amide bonds. The smallest absolute Gasteiger partial charge is 0.142 e. The highest BCUT2D eigenvalue weighted by atomic mass is 16.3. The molecule has 0 heterocycles. The average Bonchev–Trinajstić information content (AvgIpc) is 1.64. The SMILES string of the molecule is CC(=O)C(C=O)C(C)O. The molecule has 9 heavy (non-hydrogen) atoms. The van der Waals surface area contributed by atoms with Crippen molar-refractivity contribution in [2.24, 2.45) is 5.92 Å². The summed E-state index contributed by atoms with van der Waals surface area (Å²) in [4.78, 5) is 20.4. The zero-order valence-corrected chi connectivity index (χ0v) is 5.50. The van der Waals surface area contributed by atoms with Gasteiger partial charge < -0.3 is 9.90 Å². The summed E-state index contributed by atoms with van der Waals surface area (Å²) in [5.41, 5.74) is 0. The van der Waals surface area contributed by atoms with Gasteiger partial charge in [-0.2, -0.15) is 0 Å². The molecule has 1 N–H and O–H groups in total. The topological polar surface area (TPSA) is 54.4 Å². The van der Waals surface area contributed by atoms with Crippen LogP contribution in [0.2, 0.25) is 0 Å². The van der Waals surface area contributed by atoms with Crippen molar-refractivity contribution in [1.82, 2.24) is 0 Å². The van der Waals surface area contributed by atoms with E-state index in [2.05, 4.69) is 0 Å². The second kappa shape index (κ2) is 3.35. The fourth-order valence-corrected chi connectivity index (χ4v) is 0.549. The maximum absolute atomic E-state index is 10.4. The van der Waals surface area contributed by atoms with E-state index in [1.165, 1.54) is 13.8 Å². The van der Waals surface area contributed by atoms with E-state index < -0.39 is 12.0 Å². The molecule has 2 unspecified atom stereocenters. The van der Waals surface area contributed by atoms with E-state index in [9.17, 15) is 9.59 Å². The van der Waals surface area contributed by atoms with Crippen LogP contribution in [0, 0.1) is 5.92 Å². The van der Waals surface area contributed by atoms with Gasteiger partial charge in [-0.05, 0) is 13.8 Å². The van der Waals surface area contributed by atoms with Crippen molar-refractivity contribution in [3.05, 3.63) is 0 Å². The van der Waals surface area contributed by atoms with Crippen LogP contribution >= 0.6 is 0 Å². The lowest BCUT2D eigenvalue weighted by atomic mass is 10.0. The lowest BCUT2D eigenvalue weighted by molar-refractivity contribution is -0.129. The number of aliphatic hydroxyl groups is 1. The van der Waals surface area contributed by atoms with Crippen LogP contribution in [0.5, 0.6) is 0 Å². The summed E-state index contributed by atoms with van der Waals surface area (Å²) >= 11 is 0. The zero-order chi connectivity index (χ0) is 7.44. The van der Waals surface area contributed by atoms with E-state index in [0.717, 1.165) is 0 Å². The Hall–Kier alpha value is -0.700. The van der Waals surface area contributed by atoms with Gasteiger partial charge in [-0.1, -0.05) is 0 Å². The van der Waals surface area contributed by atoms with E-state index in [-0.39, 0.29) is 5.78 Å². The Bertz CT molecular complexity index is 117. The van der Waals surface area contributed by atoms with Gasteiger partial charge in [0, 0.05) is 0 Å². The molecule has 0 aromatic heterocycles. The fourth-order valence-electron chi connectivity index (χ4n) is 0.549. The molecule has 52 valence electrons. The van der Waals surface area contributed by atoms with Crippen LogP contribution < -0.4 is 0 Å². The van der Waals surface area contributed by atoms with E-state index in [0.29, 0.717) is 6.29 Å². The third kappa shape index (κ3) is 2.37. The highest BCUT2D eigenvalue weighted by molar-refractivity contribution is 5.92. The van der Waals surface area contributed by atoms with Crippen molar-refractivity contribution >= 4 is 12.1 Å². The van der Waals surface area contributed by atoms with Gasteiger partial charge >= 0.3 is 0 Å². The van der Waals surface area contributed by atoms with Gasteiger partial charge in [-0.25, -0.2) is 0 Å². The van der Waals surface area contributed by atoms with Crippen molar-refractivity contribution in [2.45, 2.75) is 20.0 Å². The minimum absolute atomic E-state index is 0.292. The number of aldehydes is 1. The zero-order valence-electron chi connectivity index (χ0n) is 5.50. The normalized spacial score (nSPS) is 16.3. The molecule has 0 rings (SSSR count). The maximum atomic E-state index is 10.4. The Labute approximate surface area is 53.7 Å². The van der Waals surface area contributed by atoms with Gasteiger partial charge in [0.25, 0.3) is 0 Å². The highest BCUT2D eigenvalue weighted by Gasteiger charge is 2.17. The number of hydrogen-bond acceptors (Lipinski definition) is 3. The molecule has 0 aliphatic heterocycles. The molecular weight excluding hydrogens is 120 g/mol. The molecule has 3 heteroatoms. The van der Waals surface area contributed by atoms with E-state index in [1.807, 2.05) is 0 Å². The molecule has 0 fully saturated rings. The molecule has 0 aromatic rings. The van der Waals surface area contributed by atoms with Crippen molar-refractivity contribution in [3.63, 3.8) is 0 Å². The number of aliphatic hydroxyl groups excluding tert-OH is 1. The molecular formula is C6H10O3. The largest absolute Gasteiger partial charge is 0.392 e. The summed E-state index contributed by atoms with van der Waals surface area (Å²) in [5.74, 6) is -1.13. The summed E-state index contributed by atoms with van der Waals surface area (Å²) in [6.45, 7) is 2.70. The standard InChI is InChI=1S/C6H10O3/c1-4(8)6(3-7)5(2)9/h3-4,6,8H,1-2H3. The fraction of sp³-hybridized carbons (Fsp3) is 0.667. The Morgan fingerprint density at radius 2 is 2.11 bits per heavy atom. The molecule has 2 atom stereocenters. The lowest BCUT2D eigenvalue weighted by Crippen LogP contribution is -2.24. The second-order valence-electron chi connectivity index (χ2n) is 2.01. The number of hydrogen-bond donors (Lipinski definition) is 1. The minimum Gasteiger partial charge on any atom is -0.392 e. The average molecular weight is 130 g/mol. The molecule has 0 radical (unpaired) electrons. The van der Waals surface area contributed by atoms with Crippen LogP contribution in [0.25, 0.3) is 0 Å². The lowest BCUT2D eigenvalue weighted by Gasteiger charge is -2.07. The molecule has 0 aliphatic carbocycles. The first kappa shape index (κ1) is 8.30. The molecule has 0 aliphatic rings. The van der Waals surface area contributed by atoms with Gasteiger partial charge in [0.1, 0.15) is 12.1 Å². The van der Waals surface area contributed by atoms with Crippen LogP contribution in [0.4, 0.5) is 0 Å². The second-order valence-corrected chi connectivity index (χ2v) is 2.01. The first-order valence-electron chi connectivity index (χ1n) is 2.73. The molecule has 0 saturated carbocycles. The summed E-state index contributed by atoms with van der Waals surface area (Å²) in [5, 5.41) is 8.73. The van der Waals surface area contributed by atoms with Crippen molar-refractivity contribution in [1.29, 1.82) is 0 Å². The summed E-state index contributed by atoms with van der Waals surface area (Å²) in [7, 11) is 0. The maximum Gasteiger partial charge on any atom is 0.142 e. The van der Waals surface area contributed by atoms with Gasteiger partial charge in [-0.15, -0.1) is 0 Å². The number of rotatable bonds is 3. The number of carbonyl (C=O) groups excluding carboxylic acids is 2. The van der Waals surface area contributed by atoms with Crippen LogP contribution in [0.1, 0.15) is 13.8 Å². The van der Waals surface area contributed by atoms with Gasteiger partial charge in [0.2, 0.25) is 0 Å². The van der Waals surface area contributed by atoms with Crippen LogP contribution in [0.15, 0.2) is 0 Å². The molecule has 3 nitrogen and oxygen atoms in total. The van der Waals surface area contributed by atoms with Crippen molar-refractivity contribution < 1.29 is 14.7 Å². The van der Waals surface area contributed by atoms with Crippen LogP contribution in [0.3, 0.4) is 0 Å². The van der Waals surface area contributed by atoms with Crippen LogP contribution in [-0.4, -0.2) is 23.3 Å². The van der Waals surface area contributed by atoms with Gasteiger partial charge in [-0.3, -0.25) is 4.79 Å². The summed E-state index contributed by atoms with van der Waals surface area (Å²) < 4.78 is 0. The highest BCUT2D eigenvalue weighted by Crippen LogP contribution is 1.99. The molecule has 0 bridgehead atoms. The predicted octanol–water partition coefficient (Wildman–Crippen LogP) is -0.229. The van der Waals surface area contributed by atoms with E-state index in [1.54, 1.807) is 0 Å². The number of carbonyl (C=O) groups is 2. The Balaban J connectivity index is 3.98. The van der Waals surface area contributed by atoms with Crippen LogP contribution in [-0.2, 0) is 9.59 Å². The first-order valence-corrected chi connectivity index (χ1v) is 2.73. The van der Waals surface area contributed by atoms with Gasteiger partial charge in [0.15, 0.2) is 0 Å². The number of ketones is 1. The molecule has 0 aromatic carbocycles. The third-order valence-corrected chi connectivity index (χ3v) is 1.14. The van der Waals surface area contributed by atoms with Crippen molar-refractivity contribution in [3.8, 4) is 0 Å².